The molecule has 1 unspecified atom stereocenters. The van der Waals surface area contributed by atoms with Crippen LogP contribution in [-0.4, -0.2) is 44.4 Å². The van der Waals surface area contributed by atoms with Crippen LogP contribution in [0.5, 0.6) is 23.0 Å². The molecule has 4 nitrogen and oxygen atoms in total. The minimum absolute atomic E-state index is 0.0649. The molecule has 2 saturated carbocycles. The third-order valence-corrected chi connectivity index (χ3v) is 9.49. The van der Waals surface area contributed by atoms with Crippen molar-refractivity contribution in [2.45, 2.75) is 102 Å². The Bertz CT molecular complexity index is 1340. The van der Waals surface area contributed by atoms with Crippen molar-refractivity contribution < 1.29 is 58.5 Å². The summed E-state index contributed by atoms with van der Waals surface area (Å²) in [6.07, 6.45) is 2.36. The van der Waals surface area contributed by atoms with Crippen LogP contribution in [0.3, 0.4) is 0 Å². The van der Waals surface area contributed by atoms with Crippen molar-refractivity contribution in [3.8, 4) is 23.0 Å². The molecule has 0 amide bonds. The van der Waals surface area contributed by atoms with Crippen LogP contribution in [0.4, 0.5) is 39.5 Å². The summed E-state index contributed by atoms with van der Waals surface area (Å²) in [7, 11) is 0. The predicted molar refractivity (Wildman–Crippen MR) is 166 cm³/mol. The molecule has 49 heavy (non-hydrogen) atoms. The summed E-state index contributed by atoms with van der Waals surface area (Å²) in [5, 5.41) is 0. The first-order valence-corrected chi connectivity index (χ1v) is 17.0. The van der Waals surface area contributed by atoms with E-state index in [1.54, 1.807) is 6.92 Å². The van der Waals surface area contributed by atoms with Crippen LogP contribution in [0, 0.1) is 46.9 Å². The molecule has 2 aromatic rings. The van der Waals surface area contributed by atoms with Gasteiger partial charge in [0.05, 0.1) is 6.61 Å². The highest BCUT2D eigenvalue weighted by Crippen LogP contribution is 2.40. The second-order valence-corrected chi connectivity index (χ2v) is 13.7. The maximum Gasteiger partial charge on any atom is 0.281 e. The second-order valence-electron chi connectivity index (χ2n) is 13.7. The molecule has 0 bridgehead atoms. The molecule has 2 aliphatic rings. The van der Waals surface area contributed by atoms with Gasteiger partial charge in [0, 0.05) is 12.8 Å². The molecule has 2 aliphatic carbocycles. The summed E-state index contributed by atoms with van der Waals surface area (Å²) in [4.78, 5) is 0. The Morgan fingerprint density at radius 2 is 0.959 bits per heavy atom. The highest BCUT2D eigenvalue weighted by molar-refractivity contribution is 5.36. The van der Waals surface area contributed by atoms with Gasteiger partial charge >= 0.3 is 0 Å². The highest BCUT2D eigenvalue weighted by Gasteiger charge is 2.37. The Balaban J connectivity index is 1.17. The van der Waals surface area contributed by atoms with Gasteiger partial charge in [0.2, 0.25) is 23.3 Å². The molecule has 2 fully saturated rings. The summed E-state index contributed by atoms with van der Waals surface area (Å²) in [6.45, 7) is 0.954. The van der Waals surface area contributed by atoms with Crippen LogP contribution in [0.1, 0.15) is 84.5 Å². The largest absolute Gasteiger partial charge is 0.491 e. The SMILES string of the molecule is CCOc1ccc(OCC(F)CC2CCC(CC(F)(F)COc3ccc(OCC(F)(F)CC4CCC(C)CC4)c(F)c3F)CC2)c(F)c1F. The zero-order chi connectivity index (χ0) is 35.8. The lowest BCUT2D eigenvalue weighted by Gasteiger charge is -2.31. The standard InChI is InChI=1S/C36H45F9O4/c1-3-46-27-12-13-28(32(39)31(27)38)47-19-26(37)16-23-8-10-25(11-9-23)18-36(44,45)21-49-30-15-14-29(33(40)34(30)41)48-20-35(42,43)17-24-6-4-22(2)5-7-24/h12-15,22-26H,3-11,16-21H2,1-2H3. The van der Waals surface area contributed by atoms with Gasteiger partial charge in [-0.15, -0.1) is 0 Å². The molecule has 4 rings (SSSR count). The molecule has 0 aromatic heterocycles. The number of hydrogen-bond acceptors (Lipinski definition) is 4. The minimum atomic E-state index is -3.39. The van der Waals surface area contributed by atoms with Crippen molar-refractivity contribution in [1.82, 2.24) is 0 Å². The van der Waals surface area contributed by atoms with E-state index in [0.717, 1.165) is 31.0 Å². The minimum Gasteiger partial charge on any atom is -0.491 e. The molecule has 13 heteroatoms. The lowest BCUT2D eigenvalue weighted by molar-refractivity contribution is -0.0666. The number of benzene rings is 2. The van der Waals surface area contributed by atoms with E-state index >= 15 is 0 Å². The molecule has 0 aliphatic heterocycles. The van der Waals surface area contributed by atoms with Gasteiger partial charge in [-0.2, -0.15) is 17.6 Å². The van der Waals surface area contributed by atoms with Crippen LogP contribution >= 0.6 is 0 Å². The molecule has 0 saturated heterocycles. The maximum absolute atomic E-state index is 14.8. The first-order valence-electron chi connectivity index (χ1n) is 17.0. The molecule has 2 aromatic carbocycles. The van der Waals surface area contributed by atoms with Gasteiger partial charge in [0.1, 0.15) is 12.8 Å². The fraction of sp³-hybridized carbons (Fsp3) is 0.667. The molecule has 276 valence electrons. The van der Waals surface area contributed by atoms with Crippen LogP contribution in [0.2, 0.25) is 0 Å². The van der Waals surface area contributed by atoms with E-state index in [1.807, 2.05) is 0 Å². The van der Waals surface area contributed by atoms with Crippen molar-refractivity contribution in [3.05, 3.63) is 47.5 Å². The van der Waals surface area contributed by atoms with E-state index in [-0.39, 0.29) is 30.6 Å². The topological polar surface area (TPSA) is 36.9 Å². The first kappa shape index (κ1) is 38.8. The van der Waals surface area contributed by atoms with Crippen molar-refractivity contribution >= 4 is 0 Å². The third kappa shape index (κ3) is 11.5. The summed E-state index contributed by atoms with van der Waals surface area (Å²) >= 11 is 0. The number of alkyl halides is 5. The van der Waals surface area contributed by atoms with Crippen molar-refractivity contribution in [2.24, 2.45) is 23.7 Å². The van der Waals surface area contributed by atoms with E-state index in [0.29, 0.717) is 44.4 Å². The summed E-state index contributed by atoms with van der Waals surface area (Å²) in [5.41, 5.74) is 0. The fourth-order valence-corrected chi connectivity index (χ4v) is 6.77. The summed E-state index contributed by atoms with van der Waals surface area (Å²) in [5.74, 6) is -14.8. The average Bonchev–Trinajstić information content (AvgIpc) is 3.05. The zero-order valence-electron chi connectivity index (χ0n) is 27.8. The quantitative estimate of drug-likeness (QED) is 0.153. The summed E-state index contributed by atoms with van der Waals surface area (Å²) < 4.78 is 150. The molecule has 0 spiro atoms. The third-order valence-electron chi connectivity index (χ3n) is 9.49. The number of hydrogen-bond donors (Lipinski definition) is 0. The predicted octanol–water partition coefficient (Wildman–Crippen LogP) is 10.9. The smallest absolute Gasteiger partial charge is 0.281 e. The molecule has 0 radical (unpaired) electrons. The Morgan fingerprint density at radius 1 is 0.592 bits per heavy atom. The normalized spacial score (nSPS) is 22.4. The van der Waals surface area contributed by atoms with E-state index in [4.69, 9.17) is 18.9 Å². The molecule has 0 heterocycles. The van der Waals surface area contributed by atoms with Crippen molar-refractivity contribution in [2.75, 3.05) is 26.4 Å². The summed E-state index contributed by atoms with van der Waals surface area (Å²) in [6, 6.07) is 4.09. The molecular weight excluding hydrogens is 667 g/mol. The first-order chi connectivity index (χ1) is 23.2. The highest BCUT2D eigenvalue weighted by atomic mass is 19.3. The van der Waals surface area contributed by atoms with Gasteiger partial charge in [-0.25, -0.2) is 22.0 Å². The van der Waals surface area contributed by atoms with Crippen LogP contribution in [-0.2, 0) is 0 Å². The lowest BCUT2D eigenvalue weighted by Crippen LogP contribution is -2.31. The Hall–Kier alpha value is -2.99. The van der Waals surface area contributed by atoms with Gasteiger partial charge in [0.25, 0.3) is 11.8 Å². The Morgan fingerprint density at radius 3 is 1.39 bits per heavy atom. The van der Waals surface area contributed by atoms with Gasteiger partial charge in [-0.05, 0) is 87.0 Å². The van der Waals surface area contributed by atoms with Crippen LogP contribution in [0.15, 0.2) is 24.3 Å². The zero-order valence-corrected chi connectivity index (χ0v) is 27.8. The molecule has 1 atom stereocenters. The lowest BCUT2D eigenvalue weighted by atomic mass is 9.77. The average molecular weight is 713 g/mol. The maximum atomic E-state index is 14.8. The van der Waals surface area contributed by atoms with E-state index in [1.165, 1.54) is 6.07 Å². The fourth-order valence-electron chi connectivity index (χ4n) is 6.77. The molecule has 0 N–H and O–H groups in total. The number of ether oxygens (including phenoxy) is 4. The van der Waals surface area contributed by atoms with Crippen LogP contribution < -0.4 is 18.9 Å². The van der Waals surface area contributed by atoms with Crippen molar-refractivity contribution in [1.29, 1.82) is 0 Å². The van der Waals surface area contributed by atoms with E-state index < -0.39 is 97.1 Å². The number of rotatable bonds is 17. The van der Waals surface area contributed by atoms with Crippen molar-refractivity contribution in [3.63, 3.8) is 0 Å². The number of halogens is 9. The van der Waals surface area contributed by atoms with Gasteiger partial charge in [-0.3, -0.25) is 0 Å². The van der Waals surface area contributed by atoms with Gasteiger partial charge < -0.3 is 18.9 Å². The Labute approximate surface area is 281 Å². The Kier molecular flexibility index (Phi) is 13.7. The van der Waals surface area contributed by atoms with E-state index in [9.17, 15) is 39.5 Å². The molecular formula is C36H45F9O4. The van der Waals surface area contributed by atoms with E-state index in [2.05, 4.69) is 6.92 Å². The van der Waals surface area contributed by atoms with Gasteiger partial charge in [0.15, 0.2) is 36.2 Å². The van der Waals surface area contributed by atoms with Crippen LogP contribution in [0.25, 0.3) is 0 Å². The monoisotopic (exact) mass is 712 g/mol. The second kappa shape index (κ2) is 17.3. The van der Waals surface area contributed by atoms with Gasteiger partial charge in [-0.1, -0.05) is 32.6 Å².